The molecule has 0 radical (unpaired) electrons. The Balaban J connectivity index is 3.87. The minimum atomic E-state index is -1.44. The quantitative estimate of drug-likeness (QED) is 0.539. The Bertz CT molecular complexity index is 255. The van der Waals surface area contributed by atoms with E-state index in [0.29, 0.717) is 13.1 Å². The van der Waals surface area contributed by atoms with Crippen molar-refractivity contribution < 1.29 is 19.8 Å². The standard InChI is InChI=1S/C10H18N2O4/c1-3-7-12(4-2)10(16)11-6-5-8(13)9(14)15/h3,8,13H,1,4-7H2,2H3,(H,11,16)(H,14,15). The van der Waals surface area contributed by atoms with Gasteiger partial charge in [0.15, 0.2) is 6.10 Å². The van der Waals surface area contributed by atoms with Crippen LogP contribution in [0.25, 0.3) is 0 Å². The fourth-order valence-electron chi connectivity index (χ4n) is 1.06. The lowest BCUT2D eigenvalue weighted by molar-refractivity contribution is -0.146. The van der Waals surface area contributed by atoms with Crippen LogP contribution >= 0.6 is 0 Å². The zero-order valence-electron chi connectivity index (χ0n) is 9.35. The highest BCUT2D eigenvalue weighted by molar-refractivity contribution is 5.74. The van der Waals surface area contributed by atoms with E-state index in [9.17, 15) is 9.59 Å². The van der Waals surface area contributed by atoms with Gasteiger partial charge in [0.05, 0.1) is 0 Å². The van der Waals surface area contributed by atoms with E-state index in [-0.39, 0.29) is 19.0 Å². The average Bonchev–Trinajstić information content (AvgIpc) is 2.25. The minimum absolute atomic E-state index is 0.00723. The predicted octanol–water partition coefficient (Wildman–Crippen LogP) is 0.0395. The van der Waals surface area contributed by atoms with Gasteiger partial charge in [0.2, 0.25) is 0 Å². The second-order valence-corrected chi connectivity index (χ2v) is 3.20. The molecule has 2 amide bonds. The van der Waals surface area contributed by atoms with Crippen LogP contribution in [0.5, 0.6) is 0 Å². The Kier molecular flexibility index (Phi) is 6.95. The Morgan fingerprint density at radius 3 is 2.62 bits per heavy atom. The van der Waals surface area contributed by atoms with Gasteiger partial charge in [0.1, 0.15) is 0 Å². The second-order valence-electron chi connectivity index (χ2n) is 3.20. The lowest BCUT2D eigenvalue weighted by Gasteiger charge is -2.19. The molecule has 0 aromatic carbocycles. The molecule has 0 spiro atoms. The van der Waals surface area contributed by atoms with Crippen molar-refractivity contribution in [3.05, 3.63) is 12.7 Å². The molecule has 16 heavy (non-hydrogen) atoms. The van der Waals surface area contributed by atoms with Crippen LogP contribution in [-0.4, -0.2) is 52.9 Å². The van der Waals surface area contributed by atoms with E-state index < -0.39 is 12.1 Å². The minimum Gasteiger partial charge on any atom is -0.479 e. The lowest BCUT2D eigenvalue weighted by atomic mass is 10.2. The van der Waals surface area contributed by atoms with E-state index in [4.69, 9.17) is 10.2 Å². The van der Waals surface area contributed by atoms with Crippen molar-refractivity contribution in [2.24, 2.45) is 0 Å². The number of aliphatic carboxylic acids is 1. The Labute approximate surface area is 94.6 Å². The van der Waals surface area contributed by atoms with Gasteiger partial charge in [0.25, 0.3) is 0 Å². The van der Waals surface area contributed by atoms with Gasteiger partial charge < -0.3 is 20.4 Å². The van der Waals surface area contributed by atoms with Crippen molar-refractivity contribution in [2.75, 3.05) is 19.6 Å². The lowest BCUT2D eigenvalue weighted by Crippen LogP contribution is -2.41. The van der Waals surface area contributed by atoms with Gasteiger partial charge in [-0.05, 0) is 6.92 Å². The number of carboxylic acids is 1. The van der Waals surface area contributed by atoms with E-state index in [1.54, 1.807) is 6.08 Å². The summed E-state index contributed by atoms with van der Waals surface area (Å²) >= 11 is 0. The number of nitrogens with one attached hydrogen (secondary N) is 1. The van der Waals surface area contributed by atoms with Crippen molar-refractivity contribution in [1.29, 1.82) is 0 Å². The zero-order chi connectivity index (χ0) is 12.6. The maximum absolute atomic E-state index is 11.5. The molecule has 0 saturated carbocycles. The van der Waals surface area contributed by atoms with Crippen molar-refractivity contribution in [1.82, 2.24) is 10.2 Å². The topological polar surface area (TPSA) is 89.9 Å². The number of nitrogens with zero attached hydrogens (tertiary/aromatic N) is 1. The van der Waals surface area contributed by atoms with Gasteiger partial charge in [-0.25, -0.2) is 9.59 Å². The summed E-state index contributed by atoms with van der Waals surface area (Å²) in [7, 11) is 0. The highest BCUT2D eigenvalue weighted by atomic mass is 16.4. The number of carboxylic acid groups (broad SMARTS) is 1. The third-order valence-corrected chi connectivity index (χ3v) is 2.00. The number of hydrogen-bond donors (Lipinski definition) is 3. The summed E-state index contributed by atoms with van der Waals surface area (Å²) in [5.41, 5.74) is 0. The molecule has 0 aromatic heterocycles. The molecule has 0 aliphatic heterocycles. The maximum atomic E-state index is 11.5. The molecule has 92 valence electrons. The summed E-state index contributed by atoms with van der Waals surface area (Å²) in [4.78, 5) is 23.2. The van der Waals surface area contributed by atoms with Crippen LogP contribution in [0.2, 0.25) is 0 Å². The molecule has 0 fully saturated rings. The van der Waals surface area contributed by atoms with Crippen LogP contribution in [0.1, 0.15) is 13.3 Å². The molecular weight excluding hydrogens is 212 g/mol. The largest absolute Gasteiger partial charge is 0.479 e. The van der Waals surface area contributed by atoms with Crippen LogP contribution < -0.4 is 5.32 Å². The zero-order valence-corrected chi connectivity index (χ0v) is 9.35. The molecule has 0 aliphatic carbocycles. The SMILES string of the molecule is C=CCN(CC)C(=O)NCCC(O)C(=O)O. The fourth-order valence-corrected chi connectivity index (χ4v) is 1.06. The van der Waals surface area contributed by atoms with Gasteiger partial charge in [-0.3, -0.25) is 0 Å². The van der Waals surface area contributed by atoms with Crippen LogP contribution in [-0.2, 0) is 4.79 Å². The number of aliphatic hydroxyl groups excluding tert-OH is 1. The van der Waals surface area contributed by atoms with Crippen molar-refractivity contribution in [3.8, 4) is 0 Å². The first-order valence-electron chi connectivity index (χ1n) is 5.07. The van der Waals surface area contributed by atoms with Gasteiger partial charge >= 0.3 is 12.0 Å². The third-order valence-electron chi connectivity index (χ3n) is 2.00. The Hall–Kier alpha value is -1.56. The highest BCUT2D eigenvalue weighted by Crippen LogP contribution is 1.92. The molecule has 1 unspecified atom stereocenters. The summed E-state index contributed by atoms with van der Waals surface area (Å²) in [6, 6.07) is -0.292. The number of carbonyl (C=O) groups excluding carboxylic acids is 1. The van der Waals surface area contributed by atoms with Gasteiger partial charge in [-0.1, -0.05) is 6.08 Å². The fraction of sp³-hybridized carbons (Fsp3) is 0.600. The summed E-state index contributed by atoms with van der Waals surface area (Å²) in [6.45, 7) is 6.45. The van der Waals surface area contributed by atoms with E-state index in [0.717, 1.165) is 0 Å². The summed E-state index contributed by atoms with van der Waals surface area (Å²) in [6.07, 6.45) is 0.164. The van der Waals surface area contributed by atoms with Crippen molar-refractivity contribution in [2.45, 2.75) is 19.4 Å². The van der Waals surface area contributed by atoms with Gasteiger partial charge in [-0.2, -0.15) is 0 Å². The second kappa shape index (κ2) is 7.70. The van der Waals surface area contributed by atoms with Crippen LogP contribution in [0.3, 0.4) is 0 Å². The summed E-state index contributed by atoms with van der Waals surface area (Å²) in [5, 5.41) is 19.9. The number of carbonyl (C=O) groups is 2. The number of likely N-dealkylation sites (N-methyl/N-ethyl adjacent to an activating group) is 1. The molecule has 0 heterocycles. The van der Waals surface area contributed by atoms with Crippen LogP contribution in [0.15, 0.2) is 12.7 Å². The van der Waals surface area contributed by atoms with E-state index in [1.165, 1.54) is 4.90 Å². The molecule has 0 bridgehead atoms. The smallest absolute Gasteiger partial charge is 0.332 e. The van der Waals surface area contributed by atoms with Crippen molar-refractivity contribution in [3.63, 3.8) is 0 Å². The molecule has 6 heteroatoms. The number of amides is 2. The van der Waals surface area contributed by atoms with Crippen molar-refractivity contribution >= 4 is 12.0 Å². The van der Waals surface area contributed by atoms with Crippen LogP contribution in [0.4, 0.5) is 4.79 Å². The summed E-state index contributed by atoms with van der Waals surface area (Å²) in [5.74, 6) is -1.28. The molecule has 0 saturated heterocycles. The number of rotatable bonds is 7. The van der Waals surface area contributed by atoms with E-state index in [1.807, 2.05) is 6.92 Å². The van der Waals surface area contributed by atoms with Gasteiger partial charge in [-0.15, -0.1) is 6.58 Å². The normalized spacial score (nSPS) is 11.6. The number of urea groups is 1. The highest BCUT2D eigenvalue weighted by Gasteiger charge is 2.14. The first kappa shape index (κ1) is 14.4. The van der Waals surface area contributed by atoms with E-state index >= 15 is 0 Å². The molecule has 1 atom stereocenters. The monoisotopic (exact) mass is 230 g/mol. The number of aliphatic hydroxyl groups is 1. The summed E-state index contributed by atoms with van der Waals surface area (Å²) < 4.78 is 0. The average molecular weight is 230 g/mol. The van der Waals surface area contributed by atoms with E-state index in [2.05, 4.69) is 11.9 Å². The number of hydrogen-bond acceptors (Lipinski definition) is 3. The molecule has 0 aliphatic rings. The Morgan fingerprint density at radius 2 is 2.19 bits per heavy atom. The first-order chi connectivity index (χ1) is 7.52. The third kappa shape index (κ3) is 5.35. The molecule has 0 aromatic rings. The molecule has 0 rings (SSSR count). The van der Waals surface area contributed by atoms with Crippen LogP contribution in [0, 0.1) is 0 Å². The maximum Gasteiger partial charge on any atom is 0.332 e. The predicted molar refractivity (Wildman–Crippen MR) is 59.1 cm³/mol. The van der Waals surface area contributed by atoms with Gasteiger partial charge in [0, 0.05) is 26.1 Å². The molecule has 3 N–H and O–H groups in total. The first-order valence-corrected chi connectivity index (χ1v) is 5.07. The molecule has 6 nitrogen and oxygen atoms in total. The Morgan fingerprint density at radius 1 is 1.56 bits per heavy atom. The molecular formula is C10H18N2O4.